The van der Waals surface area contributed by atoms with Gasteiger partial charge in [0.15, 0.2) is 0 Å². The quantitative estimate of drug-likeness (QED) is 0.729. The lowest BCUT2D eigenvalue weighted by Crippen LogP contribution is -2.36. The molecule has 1 nitrogen and oxygen atoms in total. The van der Waals surface area contributed by atoms with Gasteiger partial charge in [0.1, 0.15) is 0 Å². The van der Waals surface area contributed by atoms with Crippen molar-refractivity contribution in [2.24, 2.45) is 11.3 Å². The molecule has 0 aromatic carbocycles. The molecule has 0 amide bonds. The number of alkyl halides is 2. The Labute approximate surface area is 79.1 Å². The highest BCUT2D eigenvalue weighted by Gasteiger charge is 2.42. The highest BCUT2D eigenvalue weighted by molar-refractivity contribution is 4.84. The zero-order chi connectivity index (χ0) is 10.9. The molecule has 0 fully saturated rings. The molecule has 0 aliphatic heterocycles. The molecule has 0 heterocycles. The summed E-state index contributed by atoms with van der Waals surface area (Å²) in [5.74, 6) is -2.79. The van der Waals surface area contributed by atoms with Crippen LogP contribution in [0.25, 0.3) is 0 Å². The molecule has 0 bridgehead atoms. The van der Waals surface area contributed by atoms with Crippen LogP contribution in [0.5, 0.6) is 0 Å². The maximum Gasteiger partial charge on any atom is 0.250 e. The highest BCUT2D eigenvalue weighted by Crippen LogP contribution is 2.41. The topological polar surface area (TPSA) is 20.2 Å². The predicted octanol–water partition coefficient (Wildman–Crippen LogP) is 3.07. The van der Waals surface area contributed by atoms with Crippen molar-refractivity contribution in [3.05, 3.63) is 0 Å². The van der Waals surface area contributed by atoms with E-state index >= 15 is 0 Å². The summed E-state index contributed by atoms with van der Waals surface area (Å²) in [5, 5.41) is 9.21. The second-order valence-corrected chi connectivity index (χ2v) is 4.69. The molecule has 0 saturated heterocycles. The van der Waals surface area contributed by atoms with Crippen molar-refractivity contribution in [1.82, 2.24) is 0 Å². The number of aliphatic hydroxyl groups is 1. The molecule has 80 valence electrons. The fourth-order valence-corrected chi connectivity index (χ4v) is 1.15. The van der Waals surface area contributed by atoms with Gasteiger partial charge < -0.3 is 5.11 Å². The van der Waals surface area contributed by atoms with E-state index in [-0.39, 0.29) is 5.92 Å². The molecular formula is C10H20F2O. The van der Waals surface area contributed by atoms with Gasteiger partial charge in [-0.05, 0) is 26.2 Å². The lowest BCUT2D eigenvalue weighted by molar-refractivity contribution is -0.103. The Balaban J connectivity index is 4.34. The predicted molar refractivity (Wildman–Crippen MR) is 49.9 cm³/mol. The van der Waals surface area contributed by atoms with E-state index in [2.05, 4.69) is 0 Å². The molecule has 13 heavy (non-hydrogen) atoms. The maximum atomic E-state index is 13.0. The highest BCUT2D eigenvalue weighted by atomic mass is 19.3. The van der Waals surface area contributed by atoms with Crippen molar-refractivity contribution < 1.29 is 13.9 Å². The van der Waals surface area contributed by atoms with Crippen LogP contribution in [0.4, 0.5) is 8.78 Å². The van der Waals surface area contributed by atoms with Crippen LogP contribution in [-0.2, 0) is 0 Å². The van der Waals surface area contributed by atoms with Gasteiger partial charge in [0, 0.05) is 5.41 Å². The normalized spacial score (nSPS) is 18.5. The minimum atomic E-state index is -2.70. The van der Waals surface area contributed by atoms with Crippen LogP contribution in [0, 0.1) is 11.3 Å². The molecule has 0 aromatic rings. The maximum absolute atomic E-state index is 13.0. The van der Waals surface area contributed by atoms with E-state index < -0.39 is 17.4 Å². The third-order valence-electron chi connectivity index (χ3n) is 2.84. The molecule has 0 aliphatic carbocycles. The van der Waals surface area contributed by atoms with Gasteiger partial charge >= 0.3 is 0 Å². The van der Waals surface area contributed by atoms with Crippen molar-refractivity contribution in [3.8, 4) is 0 Å². The van der Waals surface area contributed by atoms with Crippen LogP contribution in [0.15, 0.2) is 0 Å². The van der Waals surface area contributed by atoms with Gasteiger partial charge in [-0.25, -0.2) is 8.78 Å². The van der Waals surface area contributed by atoms with Crippen molar-refractivity contribution in [3.63, 3.8) is 0 Å². The summed E-state index contributed by atoms with van der Waals surface area (Å²) in [4.78, 5) is 0. The molecule has 1 N–H and O–H groups in total. The first-order valence-corrected chi connectivity index (χ1v) is 4.64. The molecule has 0 rings (SSSR count). The molecule has 2 unspecified atom stereocenters. The fourth-order valence-electron chi connectivity index (χ4n) is 1.15. The smallest absolute Gasteiger partial charge is 0.250 e. The molecule has 0 aromatic heterocycles. The van der Waals surface area contributed by atoms with Gasteiger partial charge in [-0.15, -0.1) is 0 Å². The summed E-state index contributed by atoms with van der Waals surface area (Å²) in [5.41, 5.74) is -1.05. The van der Waals surface area contributed by atoms with E-state index in [0.717, 1.165) is 6.92 Å². The van der Waals surface area contributed by atoms with Gasteiger partial charge in [-0.3, -0.25) is 0 Å². The van der Waals surface area contributed by atoms with E-state index in [4.69, 9.17) is 0 Å². The number of hydrogen-bond donors (Lipinski definition) is 1. The Morgan fingerprint density at radius 1 is 1.15 bits per heavy atom. The zero-order valence-electron chi connectivity index (χ0n) is 9.06. The number of hydrogen-bond acceptors (Lipinski definition) is 1. The van der Waals surface area contributed by atoms with Gasteiger partial charge in [0.25, 0.3) is 0 Å². The largest absolute Gasteiger partial charge is 0.393 e. The van der Waals surface area contributed by atoms with Crippen molar-refractivity contribution in [2.75, 3.05) is 0 Å². The monoisotopic (exact) mass is 194 g/mol. The first-order valence-electron chi connectivity index (χ1n) is 4.64. The van der Waals surface area contributed by atoms with E-state index in [1.165, 1.54) is 13.8 Å². The average molecular weight is 194 g/mol. The average Bonchev–Trinajstić information content (AvgIpc) is 1.83. The Kier molecular flexibility index (Phi) is 3.85. The number of halogens is 2. The van der Waals surface area contributed by atoms with Crippen LogP contribution in [0.3, 0.4) is 0 Å². The van der Waals surface area contributed by atoms with E-state index in [1.54, 1.807) is 13.8 Å². The molecule has 3 heteroatoms. The third kappa shape index (κ3) is 3.59. The Hall–Kier alpha value is -0.180. The number of aliphatic hydroxyl groups excluding tert-OH is 1. The van der Waals surface area contributed by atoms with Crippen LogP contribution in [0.2, 0.25) is 0 Å². The second-order valence-electron chi connectivity index (χ2n) is 4.69. The number of rotatable bonds is 4. The first kappa shape index (κ1) is 12.8. The van der Waals surface area contributed by atoms with Crippen molar-refractivity contribution >= 4 is 0 Å². The molecular weight excluding hydrogens is 174 g/mol. The van der Waals surface area contributed by atoms with Crippen LogP contribution < -0.4 is 0 Å². The summed E-state index contributed by atoms with van der Waals surface area (Å²) >= 11 is 0. The fraction of sp³-hybridized carbons (Fsp3) is 1.00. The lowest BCUT2D eigenvalue weighted by Gasteiger charge is -2.34. The zero-order valence-corrected chi connectivity index (χ0v) is 9.06. The summed E-state index contributed by atoms with van der Waals surface area (Å²) in [6.45, 7) is 7.42. The van der Waals surface area contributed by atoms with Crippen molar-refractivity contribution in [1.29, 1.82) is 0 Å². The van der Waals surface area contributed by atoms with Gasteiger partial charge in [0.2, 0.25) is 5.92 Å². The summed E-state index contributed by atoms with van der Waals surface area (Å²) in [7, 11) is 0. The Morgan fingerprint density at radius 2 is 1.54 bits per heavy atom. The Bertz CT molecular complexity index is 159. The van der Waals surface area contributed by atoms with Gasteiger partial charge in [-0.1, -0.05) is 20.8 Å². The summed E-state index contributed by atoms with van der Waals surface area (Å²) < 4.78 is 26.1. The van der Waals surface area contributed by atoms with Crippen LogP contribution in [0.1, 0.15) is 41.0 Å². The van der Waals surface area contributed by atoms with Gasteiger partial charge in [-0.2, -0.15) is 0 Å². The molecule has 0 spiro atoms. The van der Waals surface area contributed by atoms with E-state index in [9.17, 15) is 13.9 Å². The van der Waals surface area contributed by atoms with Crippen LogP contribution >= 0.6 is 0 Å². The molecule has 0 aliphatic rings. The summed E-state index contributed by atoms with van der Waals surface area (Å²) in [6, 6.07) is 0. The molecule has 2 atom stereocenters. The summed E-state index contributed by atoms with van der Waals surface area (Å²) in [6.07, 6.45) is -0.199. The molecule has 0 radical (unpaired) electrons. The minimum Gasteiger partial charge on any atom is -0.393 e. The van der Waals surface area contributed by atoms with E-state index in [0.29, 0.717) is 6.42 Å². The standard InChI is InChI=1S/C10H20F2O/c1-7(8(2)13)6-9(3,4)10(5,11)12/h7-8,13H,6H2,1-5H3. The Morgan fingerprint density at radius 3 is 1.77 bits per heavy atom. The first-order chi connectivity index (χ1) is 5.58. The molecule has 0 saturated carbocycles. The van der Waals surface area contributed by atoms with Gasteiger partial charge in [0.05, 0.1) is 6.10 Å². The van der Waals surface area contributed by atoms with Crippen LogP contribution in [-0.4, -0.2) is 17.1 Å². The second kappa shape index (κ2) is 3.91. The van der Waals surface area contributed by atoms with Crippen molar-refractivity contribution in [2.45, 2.75) is 53.1 Å². The lowest BCUT2D eigenvalue weighted by atomic mass is 9.77. The SMILES string of the molecule is CC(O)C(C)CC(C)(C)C(C)(F)F. The third-order valence-corrected chi connectivity index (χ3v) is 2.84. The van der Waals surface area contributed by atoms with E-state index in [1.807, 2.05) is 0 Å². The minimum absolute atomic E-state index is 0.0965.